The summed E-state index contributed by atoms with van der Waals surface area (Å²) in [5.41, 5.74) is 0. The molecular formula is C8H10F2N4O2. The molecule has 1 aliphatic heterocycles. The van der Waals surface area contributed by atoms with Gasteiger partial charge in [-0.2, -0.15) is 4.98 Å². The maximum Gasteiger partial charge on any atom is 0.292 e. The van der Waals surface area contributed by atoms with E-state index in [2.05, 4.69) is 20.8 Å². The number of halogens is 2. The van der Waals surface area contributed by atoms with E-state index >= 15 is 0 Å². The molecule has 1 aromatic rings. The first kappa shape index (κ1) is 10.9. The number of aromatic nitrogens is 2. The number of alkyl halides is 2. The van der Waals surface area contributed by atoms with Crippen molar-refractivity contribution >= 4 is 5.91 Å². The lowest BCUT2D eigenvalue weighted by molar-refractivity contribution is 0.0200. The number of carbonyl (C=O) groups is 1. The molecule has 1 aromatic heterocycles. The van der Waals surface area contributed by atoms with Crippen molar-refractivity contribution in [3.05, 3.63) is 11.7 Å². The molecule has 88 valence electrons. The average Bonchev–Trinajstić information content (AvgIpc) is 2.83. The Balaban J connectivity index is 2.11. The van der Waals surface area contributed by atoms with Crippen molar-refractivity contribution in [2.75, 3.05) is 13.6 Å². The summed E-state index contributed by atoms with van der Waals surface area (Å²) in [6, 6.07) is -0.694. The van der Waals surface area contributed by atoms with Crippen LogP contribution in [0.15, 0.2) is 4.52 Å². The van der Waals surface area contributed by atoms with E-state index in [1.807, 2.05) is 0 Å². The standard InChI is InChI=1S/C8H10F2N4O2/c1-11-6(15)5-13-7(16-14-5)4-2-8(9,10)3-12-4/h4,12H,2-3H2,1H3,(H,11,15)/t4-/m0/s1. The van der Waals surface area contributed by atoms with Crippen LogP contribution in [0.3, 0.4) is 0 Å². The van der Waals surface area contributed by atoms with Crippen LogP contribution in [0.1, 0.15) is 29.0 Å². The largest absolute Gasteiger partial charge is 0.352 e. The molecule has 0 aromatic carbocycles. The van der Waals surface area contributed by atoms with Gasteiger partial charge in [0.15, 0.2) is 0 Å². The molecule has 1 fully saturated rings. The molecule has 0 bridgehead atoms. The Kier molecular flexibility index (Phi) is 2.58. The quantitative estimate of drug-likeness (QED) is 0.755. The molecule has 1 atom stereocenters. The van der Waals surface area contributed by atoms with Crippen molar-refractivity contribution in [3.8, 4) is 0 Å². The topological polar surface area (TPSA) is 80.0 Å². The number of nitrogens with one attached hydrogen (secondary N) is 2. The van der Waals surface area contributed by atoms with Crippen molar-refractivity contribution in [3.63, 3.8) is 0 Å². The SMILES string of the molecule is CNC(=O)c1noc([C@@H]2CC(F)(F)CN2)n1. The fourth-order valence-corrected chi connectivity index (χ4v) is 1.47. The highest BCUT2D eigenvalue weighted by atomic mass is 19.3. The predicted molar refractivity (Wildman–Crippen MR) is 48.0 cm³/mol. The van der Waals surface area contributed by atoms with E-state index in [1.165, 1.54) is 7.05 Å². The summed E-state index contributed by atoms with van der Waals surface area (Å²) in [6.45, 7) is -0.421. The summed E-state index contributed by atoms with van der Waals surface area (Å²) in [5, 5.41) is 8.26. The van der Waals surface area contributed by atoms with Crippen LogP contribution in [0.25, 0.3) is 0 Å². The Morgan fingerprint density at radius 1 is 1.69 bits per heavy atom. The third-order valence-corrected chi connectivity index (χ3v) is 2.28. The minimum absolute atomic E-state index is 0.00998. The predicted octanol–water partition coefficient (Wildman–Crippen LogP) is 0.0989. The van der Waals surface area contributed by atoms with Gasteiger partial charge < -0.3 is 9.84 Å². The maximum atomic E-state index is 12.9. The van der Waals surface area contributed by atoms with Crippen molar-refractivity contribution in [2.45, 2.75) is 18.4 Å². The van der Waals surface area contributed by atoms with Gasteiger partial charge in [0.05, 0.1) is 12.6 Å². The lowest BCUT2D eigenvalue weighted by Crippen LogP contribution is -2.20. The number of carbonyl (C=O) groups excluding carboxylic acids is 1. The Morgan fingerprint density at radius 3 is 3.00 bits per heavy atom. The second-order valence-electron chi connectivity index (χ2n) is 3.53. The molecule has 0 saturated carbocycles. The second-order valence-corrected chi connectivity index (χ2v) is 3.53. The number of amides is 1. The van der Waals surface area contributed by atoms with Gasteiger partial charge in [-0.1, -0.05) is 5.16 Å². The minimum Gasteiger partial charge on any atom is -0.352 e. The van der Waals surface area contributed by atoms with Crippen LogP contribution in [0.2, 0.25) is 0 Å². The summed E-state index contributed by atoms with van der Waals surface area (Å²) in [6.07, 6.45) is -0.400. The van der Waals surface area contributed by atoms with E-state index in [0.29, 0.717) is 0 Å². The van der Waals surface area contributed by atoms with Crippen LogP contribution in [0.4, 0.5) is 8.78 Å². The molecular weight excluding hydrogens is 222 g/mol. The van der Waals surface area contributed by atoms with E-state index in [0.717, 1.165) is 0 Å². The number of hydrogen-bond acceptors (Lipinski definition) is 5. The third kappa shape index (κ3) is 2.01. The fraction of sp³-hybridized carbons (Fsp3) is 0.625. The fourth-order valence-electron chi connectivity index (χ4n) is 1.47. The van der Waals surface area contributed by atoms with E-state index in [1.54, 1.807) is 0 Å². The van der Waals surface area contributed by atoms with Gasteiger partial charge in [-0.05, 0) is 0 Å². The van der Waals surface area contributed by atoms with E-state index in [9.17, 15) is 13.6 Å². The third-order valence-electron chi connectivity index (χ3n) is 2.28. The zero-order chi connectivity index (χ0) is 11.8. The van der Waals surface area contributed by atoms with Gasteiger partial charge in [0.25, 0.3) is 17.7 Å². The van der Waals surface area contributed by atoms with Crippen molar-refractivity contribution < 1.29 is 18.1 Å². The summed E-state index contributed by atoms with van der Waals surface area (Å²) < 4.78 is 30.5. The summed E-state index contributed by atoms with van der Waals surface area (Å²) in [4.78, 5) is 14.8. The summed E-state index contributed by atoms with van der Waals surface area (Å²) in [5.74, 6) is -3.43. The van der Waals surface area contributed by atoms with Gasteiger partial charge in [-0.25, -0.2) is 8.78 Å². The second kappa shape index (κ2) is 3.78. The van der Waals surface area contributed by atoms with Gasteiger partial charge in [-0.3, -0.25) is 10.1 Å². The highest BCUT2D eigenvalue weighted by Gasteiger charge is 2.42. The van der Waals surface area contributed by atoms with Crippen molar-refractivity contribution in [1.82, 2.24) is 20.8 Å². The Labute approximate surface area is 89.4 Å². The monoisotopic (exact) mass is 232 g/mol. The first-order chi connectivity index (χ1) is 7.52. The molecule has 1 saturated heterocycles. The number of nitrogens with zero attached hydrogens (tertiary/aromatic N) is 2. The van der Waals surface area contributed by atoms with Crippen LogP contribution >= 0.6 is 0 Å². The Morgan fingerprint density at radius 2 is 2.44 bits per heavy atom. The zero-order valence-electron chi connectivity index (χ0n) is 8.46. The molecule has 8 heteroatoms. The van der Waals surface area contributed by atoms with E-state index < -0.39 is 30.8 Å². The molecule has 2 N–H and O–H groups in total. The lowest BCUT2D eigenvalue weighted by atomic mass is 10.2. The molecule has 0 spiro atoms. The molecule has 1 amide bonds. The van der Waals surface area contributed by atoms with Gasteiger partial charge >= 0.3 is 0 Å². The first-order valence-corrected chi connectivity index (χ1v) is 4.69. The molecule has 0 aliphatic carbocycles. The molecule has 0 radical (unpaired) electrons. The number of rotatable bonds is 2. The molecule has 1 aliphatic rings. The molecule has 0 unspecified atom stereocenters. The molecule has 2 rings (SSSR count). The lowest BCUT2D eigenvalue weighted by Gasteiger charge is -2.04. The van der Waals surface area contributed by atoms with Crippen molar-refractivity contribution in [1.29, 1.82) is 0 Å². The first-order valence-electron chi connectivity index (χ1n) is 4.69. The van der Waals surface area contributed by atoms with E-state index in [4.69, 9.17) is 4.52 Å². The normalized spacial score (nSPS) is 23.3. The zero-order valence-corrected chi connectivity index (χ0v) is 8.46. The number of hydrogen-bond donors (Lipinski definition) is 2. The Hall–Kier alpha value is -1.57. The van der Waals surface area contributed by atoms with Crippen molar-refractivity contribution in [2.24, 2.45) is 0 Å². The maximum absolute atomic E-state index is 12.9. The van der Waals surface area contributed by atoms with Crippen LogP contribution in [-0.4, -0.2) is 35.6 Å². The van der Waals surface area contributed by atoms with Gasteiger partial charge in [-0.15, -0.1) is 0 Å². The summed E-state index contributed by atoms with van der Waals surface area (Å²) >= 11 is 0. The highest BCUT2D eigenvalue weighted by molar-refractivity contribution is 5.89. The van der Waals surface area contributed by atoms with Gasteiger partial charge in [0.2, 0.25) is 5.89 Å². The van der Waals surface area contributed by atoms with Crippen LogP contribution in [-0.2, 0) is 0 Å². The van der Waals surface area contributed by atoms with Gasteiger partial charge in [0, 0.05) is 13.5 Å². The van der Waals surface area contributed by atoms with Crippen LogP contribution < -0.4 is 10.6 Å². The summed E-state index contributed by atoms with van der Waals surface area (Å²) in [7, 11) is 1.42. The molecule has 6 nitrogen and oxygen atoms in total. The minimum atomic E-state index is -2.77. The Bertz CT molecular complexity index is 406. The van der Waals surface area contributed by atoms with Crippen LogP contribution in [0, 0.1) is 0 Å². The van der Waals surface area contributed by atoms with Gasteiger partial charge in [0.1, 0.15) is 0 Å². The highest BCUT2D eigenvalue weighted by Crippen LogP contribution is 2.32. The average molecular weight is 232 g/mol. The molecule has 2 heterocycles. The smallest absolute Gasteiger partial charge is 0.292 e. The van der Waals surface area contributed by atoms with E-state index in [-0.39, 0.29) is 11.7 Å². The van der Waals surface area contributed by atoms with Crippen LogP contribution in [0.5, 0.6) is 0 Å². The molecule has 16 heavy (non-hydrogen) atoms.